The molecule has 1 aliphatic carbocycles. The van der Waals surface area contributed by atoms with Gasteiger partial charge in [-0.1, -0.05) is 31.0 Å². The van der Waals surface area contributed by atoms with Crippen LogP contribution < -0.4 is 5.32 Å². The van der Waals surface area contributed by atoms with E-state index in [2.05, 4.69) is 10.7 Å². The predicted octanol–water partition coefficient (Wildman–Crippen LogP) is 3.85. The Hall–Kier alpha value is -1.72. The van der Waals surface area contributed by atoms with Crippen LogP contribution in [0.1, 0.15) is 59.1 Å². The monoisotopic (exact) mass is 342 g/mol. The zero-order valence-corrected chi connectivity index (χ0v) is 14.5. The summed E-state index contributed by atoms with van der Waals surface area (Å²) >= 11 is 1.69. The highest BCUT2D eigenvalue weighted by molar-refractivity contribution is 7.09. The Morgan fingerprint density at radius 2 is 2.04 bits per heavy atom. The van der Waals surface area contributed by atoms with Crippen LogP contribution in [0.4, 0.5) is 0 Å². The molecule has 0 unspecified atom stereocenters. The fourth-order valence-corrected chi connectivity index (χ4v) is 4.83. The van der Waals surface area contributed by atoms with E-state index in [1.54, 1.807) is 11.3 Å². The first kappa shape index (κ1) is 15.8. The van der Waals surface area contributed by atoms with E-state index in [9.17, 15) is 4.79 Å². The molecule has 4 rings (SSSR count). The molecule has 0 spiro atoms. The molecule has 1 atom stereocenters. The highest BCUT2D eigenvalue weighted by Gasteiger charge is 2.40. The van der Waals surface area contributed by atoms with Gasteiger partial charge in [-0.2, -0.15) is 0 Å². The Morgan fingerprint density at radius 3 is 2.75 bits per heavy atom. The number of carbonyl (C=O) groups excluding carboxylic acids is 1. The number of nitrogens with one attached hydrogen (secondary N) is 1. The number of hydrogen-bond donors (Lipinski definition) is 1. The van der Waals surface area contributed by atoms with Crippen LogP contribution in [0, 0.1) is 0 Å². The molecule has 2 fully saturated rings. The molecule has 24 heavy (non-hydrogen) atoms. The van der Waals surface area contributed by atoms with Gasteiger partial charge in [0.25, 0.3) is 5.91 Å². The van der Waals surface area contributed by atoms with E-state index in [4.69, 9.17) is 9.72 Å². The predicted molar refractivity (Wildman–Crippen MR) is 94.3 cm³/mol. The summed E-state index contributed by atoms with van der Waals surface area (Å²) in [6, 6.07) is 9.46. The Balaban J connectivity index is 1.58. The Bertz CT molecular complexity index is 701. The van der Waals surface area contributed by atoms with Gasteiger partial charge < -0.3 is 10.1 Å². The minimum atomic E-state index is -0.296. The molecular formula is C19H22N2O2S. The van der Waals surface area contributed by atoms with Crippen molar-refractivity contribution in [1.29, 1.82) is 0 Å². The second-order valence-electron chi connectivity index (χ2n) is 6.75. The third-order valence-corrected chi connectivity index (χ3v) is 6.19. The molecule has 5 heteroatoms. The molecule has 1 aliphatic heterocycles. The SMILES string of the molecule is O=C(NC1(c2nc([C@@H]3CCOC3)cs2)CCCC1)c1ccccc1. The van der Waals surface area contributed by atoms with Gasteiger partial charge in [-0.3, -0.25) is 4.79 Å². The van der Waals surface area contributed by atoms with Crippen LogP contribution in [0.5, 0.6) is 0 Å². The minimum Gasteiger partial charge on any atom is -0.381 e. The third-order valence-electron chi connectivity index (χ3n) is 5.13. The smallest absolute Gasteiger partial charge is 0.252 e. The van der Waals surface area contributed by atoms with Crippen molar-refractivity contribution in [2.75, 3.05) is 13.2 Å². The lowest BCUT2D eigenvalue weighted by molar-refractivity contribution is 0.0898. The van der Waals surface area contributed by atoms with Crippen molar-refractivity contribution in [2.24, 2.45) is 0 Å². The van der Waals surface area contributed by atoms with E-state index in [0.717, 1.165) is 56.0 Å². The number of hydrogen-bond acceptors (Lipinski definition) is 4. The number of benzene rings is 1. The summed E-state index contributed by atoms with van der Waals surface area (Å²) < 4.78 is 5.49. The van der Waals surface area contributed by atoms with Crippen molar-refractivity contribution in [3.05, 3.63) is 52.0 Å². The summed E-state index contributed by atoms with van der Waals surface area (Å²) in [4.78, 5) is 17.6. The van der Waals surface area contributed by atoms with Crippen molar-refractivity contribution in [3.8, 4) is 0 Å². The number of rotatable bonds is 4. The standard InChI is InChI=1S/C19H22N2O2S/c22-17(14-6-2-1-3-7-14)21-19(9-4-5-10-19)18-20-16(13-24-18)15-8-11-23-12-15/h1-3,6-7,13,15H,4-5,8-12H2,(H,21,22)/t15-/m1/s1. The summed E-state index contributed by atoms with van der Waals surface area (Å²) in [5, 5.41) is 6.52. The fourth-order valence-electron chi connectivity index (χ4n) is 3.71. The molecule has 2 heterocycles. The average molecular weight is 342 g/mol. The molecule has 2 aromatic rings. The molecule has 1 saturated carbocycles. The van der Waals surface area contributed by atoms with E-state index in [1.165, 1.54) is 0 Å². The maximum absolute atomic E-state index is 12.7. The first-order valence-corrected chi connectivity index (χ1v) is 9.56. The molecule has 0 bridgehead atoms. The van der Waals surface area contributed by atoms with Gasteiger partial charge >= 0.3 is 0 Å². The number of thiazole rings is 1. The molecule has 1 aromatic carbocycles. The Labute approximate surface area is 146 Å². The molecule has 1 aromatic heterocycles. The molecule has 1 N–H and O–H groups in total. The van der Waals surface area contributed by atoms with E-state index >= 15 is 0 Å². The number of aromatic nitrogens is 1. The molecule has 4 nitrogen and oxygen atoms in total. The maximum Gasteiger partial charge on any atom is 0.252 e. The van der Waals surface area contributed by atoms with E-state index in [-0.39, 0.29) is 11.4 Å². The number of amides is 1. The lowest BCUT2D eigenvalue weighted by Crippen LogP contribution is -2.43. The molecule has 126 valence electrons. The summed E-state index contributed by atoms with van der Waals surface area (Å²) in [6.45, 7) is 1.60. The summed E-state index contributed by atoms with van der Waals surface area (Å²) in [5.74, 6) is 0.414. The fraction of sp³-hybridized carbons (Fsp3) is 0.474. The van der Waals surface area contributed by atoms with Crippen LogP contribution in [0.3, 0.4) is 0 Å². The molecular weight excluding hydrogens is 320 g/mol. The molecule has 1 saturated heterocycles. The van der Waals surface area contributed by atoms with Crippen LogP contribution >= 0.6 is 11.3 Å². The molecule has 2 aliphatic rings. The van der Waals surface area contributed by atoms with Gasteiger partial charge in [-0.15, -0.1) is 11.3 Å². The average Bonchev–Trinajstić information content (AvgIpc) is 3.36. The van der Waals surface area contributed by atoms with Crippen LogP contribution in [-0.4, -0.2) is 24.1 Å². The van der Waals surface area contributed by atoms with Gasteiger partial charge in [0.2, 0.25) is 0 Å². The highest BCUT2D eigenvalue weighted by Crippen LogP contribution is 2.41. The molecule has 0 radical (unpaired) electrons. The highest BCUT2D eigenvalue weighted by atomic mass is 32.1. The lowest BCUT2D eigenvalue weighted by atomic mass is 9.97. The van der Waals surface area contributed by atoms with Gasteiger partial charge in [0.15, 0.2) is 0 Å². The topological polar surface area (TPSA) is 51.2 Å². The van der Waals surface area contributed by atoms with Crippen molar-refractivity contribution >= 4 is 17.2 Å². The lowest BCUT2D eigenvalue weighted by Gasteiger charge is -2.28. The molecule has 1 amide bonds. The summed E-state index contributed by atoms with van der Waals surface area (Å²) in [7, 11) is 0. The van der Waals surface area contributed by atoms with Crippen LogP contribution in [-0.2, 0) is 10.3 Å². The van der Waals surface area contributed by atoms with E-state index in [0.29, 0.717) is 11.5 Å². The van der Waals surface area contributed by atoms with Gasteiger partial charge in [-0.05, 0) is 31.4 Å². The van der Waals surface area contributed by atoms with Crippen LogP contribution in [0.2, 0.25) is 0 Å². The van der Waals surface area contributed by atoms with E-state index < -0.39 is 0 Å². The first-order chi connectivity index (χ1) is 11.8. The number of nitrogens with zero attached hydrogens (tertiary/aromatic N) is 1. The van der Waals surface area contributed by atoms with Gasteiger partial charge in [0.1, 0.15) is 5.01 Å². The zero-order chi connectivity index (χ0) is 16.4. The van der Waals surface area contributed by atoms with Gasteiger partial charge in [0, 0.05) is 23.5 Å². The van der Waals surface area contributed by atoms with Crippen molar-refractivity contribution < 1.29 is 9.53 Å². The second kappa shape index (κ2) is 6.65. The third kappa shape index (κ3) is 2.98. The zero-order valence-electron chi connectivity index (χ0n) is 13.7. The Morgan fingerprint density at radius 1 is 1.25 bits per heavy atom. The number of carbonyl (C=O) groups is 1. The Kier molecular flexibility index (Phi) is 4.37. The van der Waals surface area contributed by atoms with Crippen molar-refractivity contribution in [2.45, 2.75) is 43.6 Å². The van der Waals surface area contributed by atoms with Gasteiger partial charge in [-0.25, -0.2) is 4.98 Å². The van der Waals surface area contributed by atoms with E-state index in [1.807, 2.05) is 30.3 Å². The van der Waals surface area contributed by atoms with Crippen LogP contribution in [0.15, 0.2) is 35.7 Å². The summed E-state index contributed by atoms with van der Waals surface area (Å²) in [6.07, 6.45) is 5.26. The second-order valence-corrected chi connectivity index (χ2v) is 7.61. The van der Waals surface area contributed by atoms with Gasteiger partial charge in [0.05, 0.1) is 17.8 Å². The van der Waals surface area contributed by atoms with Crippen molar-refractivity contribution in [3.63, 3.8) is 0 Å². The minimum absolute atomic E-state index is 0.00144. The van der Waals surface area contributed by atoms with Crippen molar-refractivity contribution in [1.82, 2.24) is 10.3 Å². The summed E-state index contributed by atoms with van der Waals surface area (Å²) in [5.41, 5.74) is 1.55. The first-order valence-electron chi connectivity index (χ1n) is 8.68. The quantitative estimate of drug-likeness (QED) is 0.918. The normalized spacial score (nSPS) is 22.6. The number of ether oxygens (including phenoxy) is 1. The van der Waals surface area contributed by atoms with Crippen LogP contribution in [0.25, 0.3) is 0 Å². The largest absolute Gasteiger partial charge is 0.381 e. The maximum atomic E-state index is 12.7.